The SMILES string of the molecule is Cc1ccc(C(C)(C)C)cc1C(C12CC3CC(CC(C3)C1)C2)C12CC3CC(CC(C3)C1)C2. The minimum absolute atomic E-state index is 0.246. The van der Waals surface area contributed by atoms with E-state index in [1.807, 2.05) is 5.56 Å². The molecular formula is C32H46. The molecule has 8 bridgehead atoms. The molecule has 0 spiro atoms. The quantitative estimate of drug-likeness (QED) is 0.449. The molecule has 0 aromatic heterocycles. The van der Waals surface area contributed by atoms with Gasteiger partial charge in [0.05, 0.1) is 0 Å². The zero-order chi connectivity index (χ0) is 21.9. The van der Waals surface area contributed by atoms with E-state index in [9.17, 15) is 0 Å². The van der Waals surface area contributed by atoms with Gasteiger partial charge >= 0.3 is 0 Å². The monoisotopic (exact) mass is 430 g/mol. The van der Waals surface area contributed by atoms with Crippen molar-refractivity contribution in [3.8, 4) is 0 Å². The highest BCUT2D eigenvalue weighted by Gasteiger charge is 2.63. The molecular weight excluding hydrogens is 384 g/mol. The Kier molecular flexibility index (Phi) is 4.29. The molecule has 0 N–H and O–H groups in total. The summed E-state index contributed by atoms with van der Waals surface area (Å²) in [5.41, 5.74) is 6.52. The van der Waals surface area contributed by atoms with Gasteiger partial charge in [0.2, 0.25) is 0 Å². The molecule has 8 aliphatic rings. The first-order valence-electron chi connectivity index (χ1n) is 14.3. The smallest absolute Gasteiger partial charge is 0.00454 e. The molecule has 1 aromatic rings. The number of hydrogen-bond donors (Lipinski definition) is 0. The molecule has 174 valence electrons. The molecule has 0 atom stereocenters. The lowest BCUT2D eigenvalue weighted by atomic mass is 9.37. The molecule has 0 amide bonds. The largest absolute Gasteiger partial charge is 0.0587 e. The first kappa shape index (κ1) is 20.6. The van der Waals surface area contributed by atoms with Crippen molar-refractivity contribution in [2.75, 3.05) is 0 Å². The van der Waals surface area contributed by atoms with Crippen LogP contribution in [0.3, 0.4) is 0 Å². The van der Waals surface area contributed by atoms with Gasteiger partial charge in [-0.25, -0.2) is 0 Å². The second-order valence-corrected chi connectivity index (χ2v) is 15.3. The van der Waals surface area contributed by atoms with Crippen molar-refractivity contribution in [2.45, 2.75) is 116 Å². The zero-order valence-electron chi connectivity index (χ0n) is 21.3. The summed E-state index contributed by atoms with van der Waals surface area (Å²) in [6.07, 6.45) is 18.9. The first-order chi connectivity index (χ1) is 15.2. The number of rotatable bonds is 3. The molecule has 0 radical (unpaired) electrons. The maximum atomic E-state index is 2.75. The molecule has 0 heteroatoms. The average molecular weight is 431 g/mol. The second-order valence-electron chi connectivity index (χ2n) is 15.3. The highest BCUT2D eigenvalue weighted by Crippen LogP contribution is 2.74. The van der Waals surface area contributed by atoms with E-state index in [-0.39, 0.29) is 5.41 Å². The summed E-state index contributed by atoms with van der Waals surface area (Å²) >= 11 is 0. The van der Waals surface area contributed by atoms with Crippen molar-refractivity contribution >= 4 is 0 Å². The minimum atomic E-state index is 0.246. The van der Waals surface area contributed by atoms with Crippen molar-refractivity contribution in [1.82, 2.24) is 0 Å². The van der Waals surface area contributed by atoms with E-state index in [4.69, 9.17) is 0 Å². The van der Waals surface area contributed by atoms with Crippen molar-refractivity contribution < 1.29 is 0 Å². The fourth-order valence-electron chi connectivity index (χ4n) is 11.8. The maximum Gasteiger partial charge on any atom is -0.00454 e. The van der Waals surface area contributed by atoms with E-state index in [1.54, 1.807) is 88.2 Å². The van der Waals surface area contributed by atoms with Crippen LogP contribution in [0.2, 0.25) is 0 Å². The standard InChI is InChI=1S/C32H46/c1-20-5-6-27(30(2,3)4)13-28(20)29(31-14-21-7-22(15-31)9-23(8-21)16-31)32-17-24-10-25(18-32)12-26(11-24)19-32/h5-6,13,21-26,29H,7-12,14-19H2,1-4H3. The van der Waals surface area contributed by atoms with Crippen LogP contribution in [-0.4, -0.2) is 0 Å². The Morgan fingerprint density at radius 2 is 1.03 bits per heavy atom. The van der Waals surface area contributed by atoms with Gasteiger partial charge in [-0.2, -0.15) is 0 Å². The van der Waals surface area contributed by atoms with Gasteiger partial charge in [-0.15, -0.1) is 0 Å². The van der Waals surface area contributed by atoms with E-state index in [1.165, 1.54) is 0 Å². The Bertz CT molecular complexity index is 796. The van der Waals surface area contributed by atoms with E-state index in [0.29, 0.717) is 10.8 Å². The molecule has 8 fully saturated rings. The lowest BCUT2D eigenvalue weighted by Crippen LogP contribution is -2.57. The topological polar surface area (TPSA) is 0 Å². The molecule has 32 heavy (non-hydrogen) atoms. The summed E-state index contributed by atoms with van der Waals surface area (Å²) in [7, 11) is 0. The summed E-state index contributed by atoms with van der Waals surface area (Å²) < 4.78 is 0. The molecule has 1 aromatic carbocycles. The highest BCUT2D eigenvalue weighted by molar-refractivity contribution is 5.40. The van der Waals surface area contributed by atoms with Crippen LogP contribution < -0.4 is 0 Å². The van der Waals surface area contributed by atoms with Crippen molar-refractivity contribution in [3.63, 3.8) is 0 Å². The predicted octanol–water partition coefficient (Wildman–Crippen LogP) is 8.81. The fraction of sp³-hybridized carbons (Fsp3) is 0.812. The van der Waals surface area contributed by atoms with Gasteiger partial charge < -0.3 is 0 Å². The Morgan fingerprint density at radius 3 is 1.38 bits per heavy atom. The van der Waals surface area contributed by atoms with Crippen LogP contribution in [0.4, 0.5) is 0 Å². The third kappa shape index (κ3) is 2.99. The van der Waals surface area contributed by atoms with Crippen LogP contribution in [-0.2, 0) is 5.41 Å². The molecule has 0 nitrogen and oxygen atoms in total. The lowest BCUT2D eigenvalue weighted by molar-refractivity contribution is -0.144. The van der Waals surface area contributed by atoms with E-state index < -0.39 is 0 Å². The van der Waals surface area contributed by atoms with E-state index in [2.05, 4.69) is 45.9 Å². The normalized spacial score (nSPS) is 47.2. The van der Waals surface area contributed by atoms with Gasteiger partial charge in [0.15, 0.2) is 0 Å². The molecule has 8 aliphatic carbocycles. The molecule has 0 aliphatic heterocycles. The van der Waals surface area contributed by atoms with Gasteiger partial charge in [0.1, 0.15) is 0 Å². The van der Waals surface area contributed by atoms with Crippen molar-refractivity contribution in [1.29, 1.82) is 0 Å². The summed E-state index contributed by atoms with van der Waals surface area (Å²) in [6.45, 7) is 9.74. The third-order valence-corrected chi connectivity index (χ3v) is 11.9. The van der Waals surface area contributed by atoms with Crippen LogP contribution in [0.1, 0.15) is 120 Å². The lowest BCUT2D eigenvalue weighted by Gasteiger charge is -2.67. The molecule has 0 saturated heterocycles. The Balaban J connectivity index is 1.40. The summed E-state index contributed by atoms with van der Waals surface area (Å²) in [6, 6.07) is 7.72. The average Bonchev–Trinajstić information content (AvgIpc) is 2.66. The van der Waals surface area contributed by atoms with Crippen molar-refractivity contribution in [3.05, 3.63) is 34.9 Å². The molecule has 0 unspecified atom stereocenters. The first-order valence-corrected chi connectivity index (χ1v) is 14.3. The highest BCUT2D eigenvalue weighted by atomic mass is 14.7. The van der Waals surface area contributed by atoms with E-state index >= 15 is 0 Å². The Morgan fingerprint density at radius 1 is 0.656 bits per heavy atom. The summed E-state index contributed by atoms with van der Waals surface area (Å²) in [5, 5.41) is 0. The van der Waals surface area contributed by atoms with Gasteiger partial charge in [-0.1, -0.05) is 39.0 Å². The number of aryl methyl sites for hydroxylation is 1. The predicted molar refractivity (Wildman–Crippen MR) is 134 cm³/mol. The molecule has 8 saturated carbocycles. The van der Waals surface area contributed by atoms with Gasteiger partial charge in [0, 0.05) is 0 Å². The summed E-state index contributed by atoms with van der Waals surface area (Å²) in [4.78, 5) is 0. The van der Waals surface area contributed by atoms with Gasteiger partial charge in [-0.05, 0) is 158 Å². The Hall–Kier alpha value is -0.780. The molecule has 0 heterocycles. The van der Waals surface area contributed by atoms with Crippen LogP contribution in [0.15, 0.2) is 18.2 Å². The number of hydrogen-bond acceptors (Lipinski definition) is 0. The minimum Gasteiger partial charge on any atom is -0.0587 e. The van der Waals surface area contributed by atoms with Crippen LogP contribution in [0.5, 0.6) is 0 Å². The summed E-state index contributed by atoms with van der Waals surface area (Å²) in [5.74, 6) is 7.20. The van der Waals surface area contributed by atoms with Gasteiger partial charge in [-0.3, -0.25) is 0 Å². The van der Waals surface area contributed by atoms with Crippen LogP contribution >= 0.6 is 0 Å². The second kappa shape index (κ2) is 6.66. The van der Waals surface area contributed by atoms with Crippen LogP contribution in [0, 0.1) is 53.3 Å². The van der Waals surface area contributed by atoms with E-state index in [0.717, 1.165) is 41.4 Å². The zero-order valence-corrected chi connectivity index (χ0v) is 21.3. The number of benzene rings is 1. The maximum absolute atomic E-state index is 2.75. The third-order valence-electron chi connectivity index (χ3n) is 11.9. The van der Waals surface area contributed by atoms with Gasteiger partial charge in [0.25, 0.3) is 0 Å². The Labute approximate surface area is 197 Å². The fourth-order valence-corrected chi connectivity index (χ4v) is 11.8. The molecule has 9 rings (SSSR count). The van der Waals surface area contributed by atoms with Crippen LogP contribution in [0.25, 0.3) is 0 Å². The van der Waals surface area contributed by atoms with Crippen molar-refractivity contribution in [2.24, 2.45) is 46.3 Å².